The number of carboxylic acids is 1. The Balaban J connectivity index is 0.00000161. The third-order valence-electron chi connectivity index (χ3n) is 3.84. The predicted molar refractivity (Wildman–Crippen MR) is 81.6 cm³/mol. The van der Waals surface area contributed by atoms with Gasteiger partial charge in [0.2, 0.25) is 0 Å². The second-order valence-electron chi connectivity index (χ2n) is 5.48. The van der Waals surface area contributed by atoms with Crippen molar-refractivity contribution in [1.29, 1.82) is 0 Å². The molecule has 2 aromatic rings. The van der Waals surface area contributed by atoms with E-state index in [1.807, 2.05) is 38.1 Å². The normalized spacial score (nSPS) is 15.2. The van der Waals surface area contributed by atoms with E-state index in [0.717, 1.165) is 16.5 Å². The summed E-state index contributed by atoms with van der Waals surface area (Å²) in [6.45, 7) is 3.99. The van der Waals surface area contributed by atoms with Gasteiger partial charge < -0.3 is 15.0 Å². The Bertz CT molecular complexity index is 708. The number of hydrogen-bond acceptors (Lipinski definition) is 2. The molecule has 1 amide bonds. The zero-order valence-corrected chi connectivity index (χ0v) is 11.4. The number of carbonyl (C=O) groups excluding carboxylic acids is 1. The van der Waals surface area contributed by atoms with Crippen LogP contribution in [0.4, 0.5) is 0 Å². The van der Waals surface area contributed by atoms with Gasteiger partial charge in [0.25, 0.3) is 5.91 Å². The Labute approximate surface area is 134 Å². The fourth-order valence-corrected chi connectivity index (χ4v) is 2.94. The van der Waals surface area contributed by atoms with E-state index < -0.39 is 12.0 Å². The molecular weight excluding hydrogens is 263 g/mol. The summed E-state index contributed by atoms with van der Waals surface area (Å²) in [4.78, 5) is 28.4. The first-order chi connectivity index (χ1) is 9.50. The molecule has 21 heavy (non-hydrogen) atoms. The number of carboxylic acid groups (broad SMARTS) is 1. The van der Waals surface area contributed by atoms with Gasteiger partial charge in [0.05, 0.1) is 0 Å². The SMILES string of the molecule is CC(C)C(C(=O)O)N1Cc2c([nH]c3ccccc23)C1=O.[LiH]. The van der Waals surface area contributed by atoms with Crippen LogP contribution < -0.4 is 0 Å². The first kappa shape index (κ1) is 15.7. The van der Waals surface area contributed by atoms with Crippen molar-refractivity contribution in [1.82, 2.24) is 9.88 Å². The number of nitrogens with one attached hydrogen (secondary N) is 1. The molecule has 5 nitrogen and oxygen atoms in total. The molecule has 0 bridgehead atoms. The van der Waals surface area contributed by atoms with Gasteiger partial charge in [-0.05, 0) is 12.0 Å². The summed E-state index contributed by atoms with van der Waals surface area (Å²) >= 11 is 0. The second kappa shape index (κ2) is 5.59. The summed E-state index contributed by atoms with van der Waals surface area (Å²) in [6.07, 6.45) is 0. The van der Waals surface area contributed by atoms with Crippen LogP contribution in [-0.4, -0.2) is 51.8 Å². The van der Waals surface area contributed by atoms with Gasteiger partial charge in [0, 0.05) is 23.0 Å². The van der Waals surface area contributed by atoms with Crippen molar-refractivity contribution in [3.8, 4) is 0 Å². The number of carbonyl (C=O) groups is 2. The predicted octanol–water partition coefficient (Wildman–Crippen LogP) is 1.58. The van der Waals surface area contributed by atoms with E-state index in [-0.39, 0.29) is 30.7 Å². The summed E-state index contributed by atoms with van der Waals surface area (Å²) in [6, 6.07) is 6.90. The molecule has 0 radical (unpaired) electrons. The molecule has 2 heterocycles. The van der Waals surface area contributed by atoms with E-state index in [1.165, 1.54) is 4.90 Å². The van der Waals surface area contributed by atoms with Crippen LogP contribution in [0.1, 0.15) is 29.9 Å². The summed E-state index contributed by atoms with van der Waals surface area (Å²) in [5, 5.41) is 10.3. The van der Waals surface area contributed by atoms with E-state index in [4.69, 9.17) is 0 Å². The molecule has 0 fully saturated rings. The average molecular weight is 280 g/mol. The zero-order valence-electron chi connectivity index (χ0n) is 11.4. The van der Waals surface area contributed by atoms with E-state index in [2.05, 4.69) is 4.98 Å². The number of aromatic nitrogens is 1. The van der Waals surface area contributed by atoms with Crippen LogP contribution in [0.15, 0.2) is 24.3 Å². The summed E-state index contributed by atoms with van der Waals surface area (Å²) < 4.78 is 0. The molecule has 1 unspecified atom stereocenters. The van der Waals surface area contributed by atoms with Gasteiger partial charge >= 0.3 is 24.8 Å². The van der Waals surface area contributed by atoms with Crippen molar-refractivity contribution < 1.29 is 14.7 Å². The van der Waals surface area contributed by atoms with E-state index in [9.17, 15) is 14.7 Å². The van der Waals surface area contributed by atoms with Gasteiger partial charge in [0.15, 0.2) is 0 Å². The molecule has 1 aliphatic heterocycles. The number of amides is 1. The molecule has 6 heteroatoms. The van der Waals surface area contributed by atoms with Crippen LogP contribution >= 0.6 is 0 Å². The summed E-state index contributed by atoms with van der Waals surface area (Å²) in [5.74, 6) is -1.31. The maximum absolute atomic E-state index is 12.4. The van der Waals surface area contributed by atoms with Crippen LogP contribution in [0.25, 0.3) is 10.9 Å². The maximum atomic E-state index is 12.4. The molecule has 0 saturated heterocycles. The number of fused-ring (bicyclic) bond motifs is 3. The average Bonchev–Trinajstić information content (AvgIpc) is 2.88. The molecule has 0 spiro atoms. The fourth-order valence-electron chi connectivity index (χ4n) is 2.94. The third kappa shape index (κ3) is 2.37. The molecular formula is C15H17LiN2O3. The van der Waals surface area contributed by atoms with E-state index >= 15 is 0 Å². The van der Waals surface area contributed by atoms with Crippen LogP contribution in [-0.2, 0) is 11.3 Å². The Hall–Kier alpha value is -1.70. The minimum absolute atomic E-state index is 0. The molecule has 3 rings (SSSR count). The number of aliphatic carboxylic acids is 1. The molecule has 1 aliphatic rings. The van der Waals surface area contributed by atoms with E-state index in [0.29, 0.717) is 12.2 Å². The van der Waals surface area contributed by atoms with Crippen molar-refractivity contribution in [2.24, 2.45) is 5.92 Å². The molecule has 0 saturated carbocycles. The topological polar surface area (TPSA) is 73.4 Å². The number of hydrogen-bond donors (Lipinski definition) is 2. The van der Waals surface area contributed by atoms with Gasteiger partial charge in [0.1, 0.15) is 11.7 Å². The fraction of sp³-hybridized carbons (Fsp3) is 0.333. The van der Waals surface area contributed by atoms with Crippen LogP contribution in [0, 0.1) is 5.92 Å². The second-order valence-corrected chi connectivity index (χ2v) is 5.48. The number of nitrogens with zero attached hydrogens (tertiary/aromatic N) is 1. The molecule has 0 aliphatic carbocycles. The van der Waals surface area contributed by atoms with Crippen molar-refractivity contribution in [3.05, 3.63) is 35.5 Å². The van der Waals surface area contributed by atoms with Gasteiger partial charge in [-0.3, -0.25) is 4.79 Å². The van der Waals surface area contributed by atoms with Crippen LogP contribution in [0.5, 0.6) is 0 Å². The van der Waals surface area contributed by atoms with E-state index in [1.54, 1.807) is 0 Å². The molecule has 106 valence electrons. The Morgan fingerprint density at radius 1 is 1.33 bits per heavy atom. The number of para-hydroxylation sites is 1. The van der Waals surface area contributed by atoms with Gasteiger partial charge in [-0.15, -0.1) is 0 Å². The number of H-pyrrole nitrogens is 1. The minimum atomic E-state index is -0.956. The first-order valence-corrected chi connectivity index (χ1v) is 6.64. The molecule has 2 N–H and O–H groups in total. The van der Waals surface area contributed by atoms with Crippen LogP contribution in [0.2, 0.25) is 0 Å². The number of aromatic amines is 1. The standard InChI is InChI=1S/C15H16N2O3.Li.H/c1-8(2)13(15(19)20)17-7-10-9-5-3-4-6-11(9)16-12(10)14(17)18;;/h3-6,8,13,16H,7H2,1-2H3,(H,19,20);;. The molecule has 1 aromatic heterocycles. The quantitative estimate of drug-likeness (QED) is 0.838. The van der Waals surface area contributed by atoms with Crippen molar-refractivity contribution in [2.45, 2.75) is 26.4 Å². The Morgan fingerprint density at radius 2 is 2.00 bits per heavy atom. The number of rotatable bonds is 3. The summed E-state index contributed by atoms with van der Waals surface area (Å²) in [7, 11) is 0. The van der Waals surface area contributed by atoms with Crippen molar-refractivity contribution in [2.75, 3.05) is 0 Å². The zero-order chi connectivity index (χ0) is 14.4. The first-order valence-electron chi connectivity index (χ1n) is 6.64. The Kier molecular flexibility index (Phi) is 4.17. The Morgan fingerprint density at radius 3 is 2.62 bits per heavy atom. The molecule has 1 atom stereocenters. The number of benzene rings is 1. The third-order valence-corrected chi connectivity index (χ3v) is 3.84. The van der Waals surface area contributed by atoms with Gasteiger partial charge in [-0.1, -0.05) is 32.0 Å². The van der Waals surface area contributed by atoms with Crippen LogP contribution in [0.3, 0.4) is 0 Å². The summed E-state index contributed by atoms with van der Waals surface area (Å²) in [5.41, 5.74) is 2.34. The van der Waals surface area contributed by atoms with Crippen molar-refractivity contribution in [3.63, 3.8) is 0 Å². The monoisotopic (exact) mass is 280 g/mol. The van der Waals surface area contributed by atoms with Gasteiger partial charge in [-0.25, -0.2) is 4.79 Å². The van der Waals surface area contributed by atoms with Gasteiger partial charge in [-0.2, -0.15) is 0 Å². The molecule has 1 aromatic carbocycles. The van der Waals surface area contributed by atoms with Crippen molar-refractivity contribution >= 4 is 41.6 Å².